The number of nitrogens with zero attached hydrogens (tertiary/aromatic N) is 4. The fourth-order valence-electron chi connectivity index (χ4n) is 3.34. The molecule has 2 unspecified atom stereocenters. The minimum Gasteiger partial charge on any atom is -0.383 e. The number of ether oxygens (including phenoxy) is 1. The molecule has 0 saturated carbocycles. The second-order valence-electron chi connectivity index (χ2n) is 7.43. The molecule has 168 valence electrons. The van der Waals surface area contributed by atoms with Crippen molar-refractivity contribution in [2.45, 2.75) is 25.5 Å². The minimum atomic E-state index is -1.08. The largest absolute Gasteiger partial charge is 0.383 e. The number of aromatic nitrogens is 2. The molecule has 0 amide bonds. The predicted molar refractivity (Wildman–Crippen MR) is 132 cm³/mol. The van der Waals surface area contributed by atoms with Crippen LogP contribution < -0.4 is 10.6 Å². The van der Waals surface area contributed by atoms with Crippen LogP contribution >= 0.6 is 35.3 Å². The molecule has 30 heavy (non-hydrogen) atoms. The van der Waals surface area contributed by atoms with Crippen LogP contribution in [0.4, 0.5) is 0 Å². The van der Waals surface area contributed by atoms with Crippen molar-refractivity contribution >= 4 is 41.3 Å². The number of aryl methyl sites for hydroxylation is 1. The van der Waals surface area contributed by atoms with E-state index >= 15 is 0 Å². The van der Waals surface area contributed by atoms with Crippen molar-refractivity contribution in [1.82, 2.24) is 25.3 Å². The molecule has 0 spiro atoms. The van der Waals surface area contributed by atoms with Gasteiger partial charge in [-0.25, -0.2) is 4.99 Å². The van der Waals surface area contributed by atoms with Crippen LogP contribution in [0.2, 0.25) is 0 Å². The van der Waals surface area contributed by atoms with Crippen LogP contribution in [-0.2, 0) is 17.4 Å². The van der Waals surface area contributed by atoms with E-state index in [1.807, 2.05) is 20.2 Å². The van der Waals surface area contributed by atoms with Gasteiger partial charge in [-0.1, -0.05) is 6.07 Å². The number of thiophene rings is 1. The molecule has 0 radical (unpaired) electrons. The predicted octanol–water partition coefficient (Wildman–Crippen LogP) is 1.94. The van der Waals surface area contributed by atoms with Crippen LogP contribution in [0.25, 0.3) is 0 Å². The number of nitrogens with one attached hydrogen (secondary N) is 2. The first-order chi connectivity index (χ1) is 14.0. The zero-order chi connectivity index (χ0) is 20.7. The van der Waals surface area contributed by atoms with Gasteiger partial charge in [0.25, 0.3) is 0 Å². The summed E-state index contributed by atoms with van der Waals surface area (Å²) in [7, 11) is 1.84. The van der Waals surface area contributed by atoms with Crippen LogP contribution in [0.1, 0.15) is 30.3 Å². The summed E-state index contributed by atoms with van der Waals surface area (Å²) >= 11 is 1.77. The Hall–Kier alpha value is -1.21. The lowest BCUT2D eigenvalue weighted by Gasteiger charge is -2.34. The average molecular weight is 548 g/mol. The maximum Gasteiger partial charge on any atom is 0.191 e. The number of morpholine rings is 1. The van der Waals surface area contributed by atoms with Gasteiger partial charge in [-0.3, -0.25) is 9.58 Å². The summed E-state index contributed by atoms with van der Waals surface area (Å²) in [6.45, 7) is 8.92. The number of aliphatic imine (C=N–C) groups is 1. The van der Waals surface area contributed by atoms with E-state index in [2.05, 4.69) is 43.1 Å². The van der Waals surface area contributed by atoms with E-state index < -0.39 is 5.60 Å². The third-order valence-corrected chi connectivity index (χ3v) is 6.01. The van der Waals surface area contributed by atoms with Gasteiger partial charge in [0.2, 0.25) is 0 Å². The molecular formula is C20H33IN6O2S. The maximum absolute atomic E-state index is 10.8. The number of hydrogen-bond donors (Lipinski definition) is 3. The molecule has 10 heteroatoms. The molecule has 3 rings (SSSR count). The van der Waals surface area contributed by atoms with Crippen molar-refractivity contribution in [2.24, 2.45) is 12.0 Å². The van der Waals surface area contributed by atoms with Gasteiger partial charge in [0.15, 0.2) is 5.96 Å². The van der Waals surface area contributed by atoms with Gasteiger partial charge >= 0.3 is 0 Å². The maximum atomic E-state index is 10.8. The van der Waals surface area contributed by atoms with Crippen molar-refractivity contribution < 1.29 is 9.84 Å². The summed E-state index contributed by atoms with van der Waals surface area (Å²) in [6.07, 6.45) is 3.50. The van der Waals surface area contributed by atoms with Crippen molar-refractivity contribution in [3.63, 3.8) is 0 Å². The highest BCUT2D eigenvalue weighted by Gasteiger charge is 2.26. The molecule has 1 fully saturated rings. The molecule has 0 bridgehead atoms. The fraction of sp³-hybridized carbons (Fsp3) is 0.600. The lowest BCUT2D eigenvalue weighted by Crippen LogP contribution is -2.46. The van der Waals surface area contributed by atoms with Gasteiger partial charge in [0, 0.05) is 49.9 Å². The Bertz CT molecular complexity index is 774. The summed E-state index contributed by atoms with van der Waals surface area (Å²) in [4.78, 5) is 8.42. The van der Waals surface area contributed by atoms with Crippen molar-refractivity contribution in [1.29, 1.82) is 0 Å². The van der Waals surface area contributed by atoms with E-state index in [0.29, 0.717) is 5.96 Å². The van der Waals surface area contributed by atoms with Gasteiger partial charge in [0.1, 0.15) is 5.60 Å². The van der Waals surface area contributed by atoms with Gasteiger partial charge in [-0.15, -0.1) is 35.3 Å². The van der Waals surface area contributed by atoms with E-state index in [9.17, 15) is 5.11 Å². The van der Waals surface area contributed by atoms with Gasteiger partial charge in [-0.05, 0) is 25.3 Å². The lowest BCUT2D eigenvalue weighted by molar-refractivity contribution is 0.0177. The number of halogens is 1. The molecule has 1 saturated heterocycles. The zero-order valence-corrected chi connectivity index (χ0v) is 21.0. The van der Waals surface area contributed by atoms with Gasteiger partial charge in [-0.2, -0.15) is 5.10 Å². The second kappa shape index (κ2) is 12.0. The quantitative estimate of drug-likeness (QED) is 0.266. The van der Waals surface area contributed by atoms with E-state index in [1.165, 1.54) is 4.88 Å². The van der Waals surface area contributed by atoms with E-state index in [-0.39, 0.29) is 36.6 Å². The Morgan fingerprint density at radius 3 is 2.77 bits per heavy atom. The topological polar surface area (TPSA) is 86.9 Å². The molecule has 1 aliphatic heterocycles. The Balaban J connectivity index is 0.00000320. The summed E-state index contributed by atoms with van der Waals surface area (Å²) in [5, 5.41) is 23.8. The third kappa shape index (κ3) is 6.91. The number of hydrogen-bond acceptors (Lipinski definition) is 6. The Morgan fingerprint density at radius 1 is 1.40 bits per heavy atom. The van der Waals surface area contributed by atoms with E-state index in [0.717, 1.165) is 45.0 Å². The summed E-state index contributed by atoms with van der Waals surface area (Å²) in [6, 6.07) is 4.54. The summed E-state index contributed by atoms with van der Waals surface area (Å²) < 4.78 is 7.21. The smallest absolute Gasteiger partial charge is 0.191 e. The molecule has 2 aromatic rings. The molecule has 1 aliphatic rings. The highest BCUT2D eigenvalue weighted by Crippen LogP contribution is 2.25. The Morgan fingerprint density at radius 2 is 2.17 bits per heavy atom. The first-order valence-electron chi connectivity index (χ1n) is 10.1. The normalized spacial score (nSPS) is 18.3. The van der Waals surface area contributed by atoms with Crippen LogP contribution in [0.15, 0.2) is 34.9 Å². The Labute approximate surface area is 199 Å². The highest BCUT2D eigenvalue weighted by atomic mass is 127. The first-order valence-corrected chi connectivity index (χ1v) is 11.0. The van der Waals surface area contributed by atoms with Crippen LogP contribution in [0, 0.1) is 0 Å². The lowest BCUT2D eigenvalue weighted by atomic mass is 10.0. The molecular weight excluding hydrogens is 515 g/mol. The Kier molecular flexibility index (Phi) is 10.0. The van der Waals surface area contributed by atoms with Crippen LogP contribution in [0.3, 0.4) is 0 Å². The third-order valence-electron chi connectivity index (χ3n) is 5.04. The van der Waals surface area contributed by atoms with E-state index in [4.69, 9.17) is 4.74 Å². The zero-order valence-electron chi connectivity index (χ0n) is 17.9. The SMILES string of the molecule is CCNC(=NCC(C)(O)c1cnn(C)c1)NCC(c1cccs1)N1CCOCC1.I. The van der Waals surface area contributed by atoms with Crippen molar-refractivity contribution in [2.75, 3.05) is 45.9 Å². The van der Waals surface area contributed by atoms with Gasteiger partial charge < -0.3 is 20.5 Å². The monoisotopic (exact) mass is 548 g/mol. The molecule has 3 N–H and O–H groups in total. The average Bonchev–Trinajstić information content (AvgIpc) is 3.39. The van der Waals surface area contributed by atoms with Crippen LogP contribution in [0.5, 0.6) is 0 Å². The molecule has 0 aromatic carbocycles. The van der Waals surface area contributed by atoms with Crippen molar-refractivity contribution in [3.05, 3.63) is 40.3 Å². The minimum absolute atomic E-state index is 0. The highest BCUT2D eigenvalue weighted by molar-refractivity contribution is 14.0. The molecule has 2 aromatic heterocycles. The number of rotatable bonds is 8. The number of guanidine groups is 1. The van der Waals surface area contributed by atoms with E-state index in [1.54, 1.807) is 29.1 Å². The molecule has 3 heterocycles. The van der Waals surface area contributed by atoms with Crippen LogP contribution in [-0.4, -0.2) is 71.7 Å². The standard InChI is InChI=1S/C20H32N6O2S.HI/c1-4-21-19(23-15-20(2,27)16-12-24-25(3)14-16)22-13-17(18-6-5-11-29-18)26-7-9-28-10-8-26;/h5-6,11-12,14,17,27H,4,7-10,13,15H2,1-3H3,(H2,21,22,23);1H. The molecule has 0 aliphatic carbocycles. The molecule has 2 atom stereocenters. The van der Waals surface area contributed by atoms with Gasteiger partial charge in [0.05, 0.1) is 32.0 Å². The number of aliphatic hydroxyl groups is 1. The second-order valence-corrected chi connectivity index (χ2v) is 8.41. The molecule has 8 nitrogen and oxygen atoms in total. The fourth-order valence-corrected chi connectivity index (χ4v) is 4.20. The summed E-state index contributed by atoms with van der Waals surface area (Å²) in [5.74, 6) is 0.700. The first kappa shape index (κ1) is 25.1. The van der Waals surface area contributed by atoms with Crippen molar-refractivity contribution in [3.8, 4) is 0 Å². The summed E-state index contributed by atoms with van der Waals surface area (Å²) in [5.41, 5.74) is -0.321.